The SMILES string of the molecule is COC(=O)c1cc([N+](=O)[O-])ccc1OC.COC(=O)c1cc([NH3+])ccc1OC.[Cl-]. The molecule has 0 aromatic heterocycles. The predicted octanol–water partition coefficient (Wildman–Crippen LogP) is -1.25. The molecule has 3 N–H and O–H groups in total. The van der Waals surface area contributed by atoms with Gasteiger partial charge in [-0.15, -0.1) is 0 Å². The summed E-state index contributed by atoms with van der Waals surface area (Å²) in [5.74, 6) is -0.343. The number of quaternary nitrogens is 1. The lowest BCUT2D eigenvalue weighted by molar-refractivity contribution is -0.384. The molecule has 0 amide bonds. The van der Waals surface area contributed by atoms with Gasteiger partial charge in [0.1, 0.15) is 28.3 Å². The molecule has 2 aromatic carbocycles. The second-order valence-electron chi connectivity index (χ2n) is 5.16. The third-order valence-corrected chi connectivity index (χ3v) is 3.47. The Labute approximate surface area is 173 Å². The van der Waals surface area contributed by atoms with E-state index in [1.807, 2.05) is 0 Å². The van der Waals surface area contributed by atoms with Gasteiger partial charge in [0, 0.05) is 24.3 Å². The molecule has 0 saturated heterocycles. The van der Waals surface area contributed by atoms with Crippen molar-refractivity contribution in [3.8, 4) is 11.5 Å². The number of esters is 2. The van der Waals surface area contributed by atoms with Gasteiger partial charge in [-0.2, -0.15) is 0 Å². The van der Waals surface area contributed by atoms with Gasteiger partial charge in [0.2, 0.25) is 0 Å². The maximum Gasteiger partial charge on any atom is 0.341 e. The maximum absolute atomic E-state index is 11.2. The van der Waals surface area contributed by atoms with Crippen molar-refractivity contribution in [3.63, 3.8) is 0 Å². The molecule has 0 radical (unpaired) electrons. The smallest absolute Gasteiger partial charge is 0.341 e. The Morgan fingerprint density at radius 1 is 0.862 bits per heavy atom. The minimum Gasteiger partial charge on any atom is -1.00 e. The Hall–Kier alpha value is -3.37. The highest BCUT2D eigenvalue weighted by Crippen LogP contribution is 2.24. The summed E-state index contributed by atoms with van der Waals surface area (Å²) in [7, 11) is 5.40. The van der Waals surface area contributed by atoms with Gasteiger partial charge in [0.05, 0.1) is 33.4 Å². The van der Waals surface area contributed by atoms with Crippen LogP contribution in [0.25, 0.3) is 0 Å². The summed E-state index contributed by atoms with van der Waals surface area (Å²) >= 11 is 0. The molecule has 158 valence electrons. The van der Waals surface area contributed by atoms with E-state index in [1.54, 1.807) is 18.2 Å². The molecule has 0 spiro atoms. The number of halogens is 1. The number of nitro groups is 1. The molecule has 0 saturated carbocycles. The van der Waals surface area contributed by atoms with Gasteiger partial charge in [-0.3, -0.25) is 10.1 Å². The monoisotopic (exact) mass is 428 g/mol. The number of carbonyl (C=O) groups is 2. The molecule has 2 aromatic rings. The van der Waals surface area contributed by atoms with Gasteiger partial charge in [-0.1, -0.05) is 0 Å². The van der Waals surface area contributed by atoms with Gasteiger partial charge in [0.25, 0.3) is 5.69 Å². The summed E-state index contributed by atoms with van der Waals surface area (Å²) in [5, 5.41) is 10.5. The van der Waals surface area contributed by atoms with Crippen molar-refractivity contribution in [1.29, 1.82) is 0 Å². The Kier molecular flexibility index (Phi) is 10.7. The number of hydrogen-bond donors (Lipinski definition) is 1. The zero-order valence-electron chi connectivity index (χ0n) is 16.3. The van der Waals surface area contributed by atoms with Crippen LogP contribution in [-0.4, -0.2) is 45.3 Å². The third kappa shape index (κ3) is 6.94. The highest BCUT2D eigenvalue weighted by molar-refractivity contribution is 5.93. The lowest BCUT2D eigenvalue weighted by atomic mass is 10.2. The molecule has 11 heteroatoms. The molecule has 0 heterocycles. The van der Waals surface area contributed by atoms with Crippen molar-refractivity contribution in [3.05, 3.63) is 57.6 Å². The van der Waals surface area contributed by atoms with Gasteiger partial charge in [-0.05, 0) is 12.1 Å². The molecule has 0 aliphatic carbocycles. The van der Waals surface area contributed by atoms with Crippen LogP contribution in [0.15, 0.2) is 36.4 Å². The minimum absolute atomic E-state index is 0. The molecule has 0 unspecified atom stereocenters. The number of non-ortho nitro benzene ring substituents is 1. The van der Waals surface area contributed by atoms with Crippen molar-refractivity contribution >= 4 is 23.3 Å². The number of nitro benzene ring substituents is 1. The minimum atomic E-state index is -0.671. The van der Waals surface area contributed by atoms with Gasteiger partial charge >= 0.3 is 11.9 Å². The summed E-state index contributed by atoms with van der Waals surface area (Å²) in [4.78, 5) is 32.3. The standard InChI is InChI=1S/C9H9NO5.C9H11NO3.ClH/c1-14-8-4-3-6(10(12)13)5-7(8)9(11)15-2;1-12-8-4-3-6(10)5-7(8)9(11)13-2;/h3-5H,1-2H3;3-5H,10H2,1-2H3;1H. The number of ether oxygens (including phenoxy) is 4. The number of hydrogen-bond acceptors (Lipinski definition) is 8. The normalized spacial score (nSPS) is 9.14. The number of carbonyl (C=O) groups excluding carboxylic acids is 2. The lowest BCUT2D eigenvalue weighted by Gasteiger charge is -2.05. The largest absolute Gasteiger partial charge is 1.00 e. The first-order valence-corrected chi connectivity index (χ1v) is 7.78. The van der Waals surface area contributed by atoms with Crippen molar-refractivity contribution in [2.24, 2.45) is 0 Å². The number of benzene rings is 2. The topological polar surface area (TPSA) is 142 Å². The van der Waals surface area contributed by atoms with Crippen molar-refractivity contribution in [2.75, 3.05) is 28.4 Å². The number of nitrogens with zero attached hydrogens (tertiary/aromatic N) is 1. The van der Waals surface area contributed by atoms with Crippen LogP contribution in [0.1, 0.15) is 20.7 Å². The van der Waals surface area contributed by atoms with Crippen molar-refractivity contribution in [2.45, 2.75) is 0 Å². The van der Waals surface area contributed by atoms with E-state index in [9.17, 15) is 19.7 Å². The van der Waals surface area contributed by atoms with E-state index in [-0.39, 0.29) is 29.4 Å². The average Bonchev–Trinajstić information content (AvgIpc) is 2.72. The molecule has 0 bridgehead atoms. The fraction of sp³-hybridized carbons (Fsp3) is 0.222. The Bertz CT molecular complexity index is 873. The summed E-state index contributed by atoms with van der Waals surface area (Å²) < 4.78 is 18.9. The van der Waals surface area contributed by atoms with Crippen molar-refractivity contribution < 1.29 is 51.6 Å². The van der Waals surface area contributed by atoms with Crippen molar-refractivity contribution in [1.82, 2.24) is 0 Å². The molecule has 10 nitrogen and oxygen atoms in total. The average molecular weight is 429 g/mol. The molecule has 29 heavy (non-hydrogen) atoms. The van der Waals surface area contributed by atoms with Gasteiger partial charge in [0.15, 0.2) is 0 Å². The molecule has 0 aliphatic heterocycles. The zero-order valence-corrected chi connectivity index (χ0v) is 17.0. The van der Waals surface area contributed by atoms with E-state index in [2.05, 4.69) is 15.2 Å². The predicted molar refractivity (Wildman–Crippen MR) is 97.9 cm³/mol. The first kappa shape index (κ1) is 25.6. The summed E-state index contributed by atoms with van der Waals surface area (Å²) in [6, 6.07) is 8.81. The lowest BCUT2D eigenvalue weighted by Crippen LogP contribution is -3.00. The van der Waals surface area contributed by atoms with Crippen LogP contribution in [0.3, 0.4) is 0 Å². The van der Waals surface area contributed by atoms with E-state index in [4.69, 9.17) is 9.47 Å². The van der Waals surface area contributed by atoms with Gasteiger partial charge in [-0.25, -0.2) is 9.59 Å². The van der Waals surface area contributed by atoms with E-state index >= 15 is 0 Å². The quantitative estimate of drug-likeness (QED) is 0.353. The third-order valence-electron chi connectivity index (χ3n) is 3.47. The molecule has 0 fully saturated rings. The van der Waals surface area contributed by atoms with Crippen LogP contribution in [0.4, 0.5) is 11.4 Å². The zero-order chi connectivity index (χ0) is 21.3. The Morgan fingerprint density at radius 2 is 1.31 bits per heavy atom. The maximum atomic E-state index is 11.2. The number of rotatable bonds is 5. The van der Waals surface area contributed by atoms with E-state index in [1.165, 1.54) is 40.6 Å². The van der Waals surface area contributed by atoms with E-state index in [0.717, 1.165) is 11.8 Å². The summed E-state index contributed by atoms with van der Waals surface area (Å²) in [6.45, 7) is 0. The fourth-order valence-corrected chi connectivity index (χ4v) is 2.10. The first-order chi connectivity index (χ1) is 13.3. The number of methoxy groups -OCH3 is 4. The van der Waals surface area contributed by atoms with Crippen LogP contribution < -0.4 is 27.6 Å². The van der Waals surface area contributed by atoms with Gasteiger partial charge < -0.3 is 37.1 Å². The molecule has 2 rings (SSSR count). The fourth-order valence-electron chi connectivity index (χ4n) is 2.10. The van der Waals surface area contributed by atoms with Crippen LogP contribution in [0.2, 0.25) is 0 Å². The second-order valence-corrected chi connectivity index (χ2v) is 5.16. The van der Waals surface area contributed by atoms with E-state index in [0.29, 0.717) is 11.3 Å². The first-order valence-electron chi connectivity index (χ1n) is 7.78. The Morgan fingerprint density at radius 3 is 1.72 bits per heavy atom. The molecule has 0 atom stereocenters. The van der Waals surface area contributed by atoms with Crippen LogP contribution >= 0.6 is 0 Å². The molecular weight excluding hydrogens is 408 g/mol. The summed E-state index contributed by atoms with van der Waals surface area (Å²) in [5.41, 5.74) is 4.71. The highest BCUT2D eigenvalue weighted by Gasteiger charge is 2.17. The van der Waals surface area contributed by atoms with Crippen LogP contribution in [0, 0.1) is 10.1 Å². The summed E-state index contributed by atoms with van der Waals surface area (Å²) in [6.07, 6.45) is 0. The Balaban J connectivity index is 0.000000527. The highest BCUT2D eigenvalue weighted by atomic mass is 35.5. The second kappa shape index (κ2) is 12.2. The van der Waals surface area contributed by atoms with Crippen LogP contribution in [0.5, 0.6) is 11.5 Å². The molecular formula is C18H21ClN2O8. The van der Waals surface area contributed by atoms with E-state index < -0.39 is 16.9 Å². The molecule has 0 aliphatic rings. The van der Waals surface area contributed by atoms with Crippen LogP contribution in [-0.2, 0) is 9.47 Å².